The zero-order chi connectivity index (χ0) is 17.5. The second-order valence-electron chi connectivity index (χ2n) is 9.47. The molecule has 0 aliphatic heterocycles. The summed E-state index contributed by atoms with van der Waals surface area (Å²) in [4.78, 5) is 24.6. The van der Waals surface area contributed by atoms with Gasteiger partial charge in [0.05, 0.1) is 11.3 Å². The minimum absolute atomic E-state index is 0.177. The lowest BCUT2D eigenvalue weighted by atomic mass is 9.53. The summed E-state index contributed by atoms with van der Waals surface area (Å²) in [5.74, 6) is -1.64. The Morgan fingerprint density at radius 1 is 1.17 bits per heavy atom. The smallest absolute Gasteiger partial charge is 0.309 e. The zero-order valence-electron chi connectivity index (χ0n) is 14.7. The molecule has 0 heterocycles. The van der Waals surface area contributed by atoms with Crippen LogP contribution in [0.15, 0.2) is 12.2 Å². The third-order valence-electron chi connectivity index (χ3n) is 8.57. The van der Waals surface area contributed by atoms with Crippen LogP contribution in [0.5, 0.6) is 0 Å². The van der Waals surface area contributed by atoms with Gasteiger partial charge in [-0.3, -0.25) is 9.59 Å². The van der Waals surface area contributed by atoms with Gasteiger partial charge in [-0.15, -0.1) is 0 Å². The summed E-state index contributed by atoms with van der Waals surface area (Å²) < 4.78 is 0. The van der Waals surface area contributed by atoms with E-state index in [-0.39, 0.29) is 16.7 Å². The van der Waals surface area contributed by atoms with Crippen LogP contribution in [0.2, 0.25) is 0 Å². The number of hydrogen-bond donors (Lipinski definition) is 2. The molecule has 2 N–H and O–H groups in total. The van der Waals surface area contributed by atoms with Gasteiger partial charge in [0, 0.05) is 0 Å². The quantitative estimate of drug-likeness (QED) is 0.751. The molecule has 4 saturated carbocycles. The van der Waals surface area contributed by atoms with Crippen LogP contribution in [0, 0.1) is 39.9 Å². The van der Waals surface area contributed by atoms with Gasteiger partial charge in [-0.25, -0.2) is 0 Å². The van der Waals surface area contributed by atoms with Crippen molar-refractivity contribution in [3.05, 3.63) is 12.2 Å². The van der Waals surface area contributed by atoms with E-state index in [9.17, 15) is 19.8 Å². The van der Waals surface area contributed by atoms with E-state index in [0.717, 1.165) is 38.5 Å². The first kappa shape index (κ1) is 16.2. The lowest BCUT2D eigenvalue weighted by Crippen LogP contribution is -2.50. The Kier molecular flexibility index (Phi) is 3.13. The van der Waals surface area contributed by atoms with Crippen molar-refractivity contribution in [1.29, 1.82) is 0 Å². The first-order chi connectivity index (χ1) is 11.2. The van der Waals surface area contributed by atoms with Gasteiger partial charge in [0.1, 0.15) is 0 Å². The van der Waals surface area contributed by atoms with Crippen LogP contribution >= 0.6 is 0 Å². The molecule has 132 valence electrons. The lowest BCUT2D eigenvalue weighted by Gasteiger charge is -2.50. The number of rotatable bonds is 2. The molecule has 0 radical (unpaired) electrons. The van der Waals surface area contributed by atoms with Gasteiger partial charge in [0.25, 0.3) is 0 Å². The fourth-order valence-corrected chi connectivity index (χ4v) is 7.88. The van der Waals surface area contributed by atoms with Crippen LogP contribution in [0.1, 0.15) is 58.8 Å². The lowest BCUT2D eigenvalue weighted by molar-refractivity contribution is -0.166. The molecule has 7 atom stereocenters. The fourth-order valence-electron chi connectivity index (χ4n) is 7.88. The van der Waals surface area contributed by atoms with Crippen molar-refractivity contribution in [1.82, 2.24) is 0 Å². The largest absolute Gasteiger partial charge is 0.481 e. The van der Waals surface area contributed by atoms with E-state index in [1.807, 2.05) is 6.92 Å². The maximum Gasteiger partial charge on any atom is 0.309 e. The van der Waals surface area contributed by atoms with Gasteiger partial charge >= 0.3 is 11.9 Å². The average molecular weight is 332 g/mol. The fraction of sp³-hybridized carbons (Fsp3) is 0.800. The van der Waals surface area contributed by atoms with Gasteiger partial charge in [-0.1, -0.05) is 25.5 Å². The second-order valence-corrected chi connectivity index (χ2v) is 9.47. The predicted octanol–water partition coefficient (Wildman–Crippen LogP) is 3.96. The Labute approximate surface area is 143 Å². The second kappa shape index (κ2) is 4.64. The number of fused-ring (bicyclic) bond motifs is 3. The minimum Gasteiger partial charge on any atom is -0.481 e. The molecule has 4 fully saturated rings. The van der Waals surface area contributed by atoms with Crippen LogP contribution in [-0.4, -0.2) is 22.2 Å². The molecule has 4 nitrogen and oxygen atoms in total. The van der Waals surface area contributed by atoms with E-state index in [1.165, 1.54) is 5.57 Å². The van der Waals surface area contributed by atoms with Crippen molar-refractivity contribution in [3.63, 3.8) is 0 Å². The summed E-state index contributed by atoms with van der Waals surface area (Å²) >= 11 is 0. The van der Waals surface area contributed by atoms with Gasteiger partial charge in [0.15, 0.2) is 0 Å². The highest BCUT2D eigenvalue weighted by Gasteiger charge is 2.75. The molecular weight excluding hydrogens is 304 g/mol. The maximum atomic E-state index is 12.4. The van der Waals surface area contributed by atoms with Crippen LogP contribution in [0.4, 0.5) is 0 Å². The van der Waals surface area contributed by atoms with E-state index in [4.69, 9.17) is 0 Å². The Bertz CT molecular complexity index is 640. The number of aliphatic carboxylic acids is 2. The summed E-state index contributed by atoms with van der Waals surface area (Å²) in [5.41, 5.74) is -0.152. The van der Waals surface area contributed by atoms with E-state index < -0.39 is 23.3 Å². The number of carboxylic acids is 2. The van der Waals surface area contributed by atoms with Crippen LogP contribution in [0.25, 0.3) is 0 Å². The predicted molar refractivity (Wildman–Crippen MR) is 89.3 cm³/mol. The van der Waals surface area contributed by atoms with Crippen molar-refractivity contribution < 1.29 is 19.8 Å². The van der Waals surface area contributed by atoms with Crippen molar-refractivity contribution >= 4 is 11.9 Å². The SMILES string of the molecule is C=C1C[C@]23C[C@H]1CCC2[C@]1(C)CCC[C@@](C)(C(=O)O)C1C3C(=O)O. The topological polar surface area (TPSA) is 74.6 Å². The highest BCUT2D eigenvalue weighted by atomic mass is 16.4. The molecule has 3 unspecified atom stereocenters. The van der Waals surface area contributed by atoms with Crippen molar-refractivity contribution in [2.75, 3.05) is 0 Å². The molecule has 0 aromatic rings. The highest BCUT2D eigenvalue weighted by molar-refractivity contribution is 5.79. The minimum atomic E-state index is -0.929. The Morgan fingerprint density at radius 2 is 1.88 bits per heavy atom. The van der Waals surface area contributed by atoms with Crippen LogP contribution in [0.3, 0.4) is 0 Å². The van der Waals surface area contributed by atoms with E-state index >= 15 is 0 Å². The van der Waals surface area contributed by atoms with Gasteiger partial charge in [-0.2, -0.15) is 0 Å². The number of hydrogen-bond acceptors (Lipinski definition) is 2. The highest BCUT2D eigenvalue weighted by Crippen LogP contribution is 2.77. The Balaban J connectivity index is 1.93. The number of carboxylic acid groups (broad SMARTS) is 2. The third kappa shape index (κ3) is 1.65. The Morgan fingerprint density at radius 3 is 2.50 bits per heavy atom. The molecular formula is C20H28O4. The third-order valence-corrected chi connectivity index (χ3v) is 8.57. The molecule has 4 rings (SSSR count). The number of carbonyl (C=O) groups is 2. The normalized spacial score (nSPS) is 52.7. The summed E-state index contributed by atoms with van der Waals surface area (Å²) in [7, 11) is 0. The van der Waals surface area contributed by atoms with E-state index in [1.54, 1.807) is 0 Å². The van der Waals surface area contributed by atoms with E-state index in [0.29, 0.717) is 18.3 Å². The van der Waals surface area contributed by atoms with Crippen molar-refractivity contribution in [2.45, 2.75) is 58.8 Å². The molecule has 4 aliphatic carbocycles. The van der Waals surface area contributed by atoms with E-state index in [2.05, 4.69) is 13.5 Å². The molecule has 1 spiro atoms. The first-order valence-electron chi connectivity index (χ1n) is 9.31. The van der Waals surface area contributed by atoms with Crippen molar-refractivity contribution in [3.8, 4) is 0 Å². The summed E-state index contributed by atoms with van der Waals surface area (Å²) in [5, 5.41) is 20.2. The number of allylic oxidation sites excluding steroid dienone is 1. The standard InChI is InChI=1S/C20H28O4/c1-11-9-20-10-12(11)5-6-13(20)18(2)7-4-8-19(3,17(23)24)15(18)14(20)16(21)22/h12-15H,1,4-10H2,2-3H3,(H,21,22)(H,23,24)/t12-,13?,14?,15?,18+,19-,20+/m1/s1. The summed E-state index contributed by atoms with van der Waals surface area (Å²) in [6.07, 6.45) is 6.29. The molecule has 0 aromatic heterocycles. The molecule has 0 aromatic carbocycles. The monoisotopic (exact) mass is 332 g/mol. The molecule has 4 aliphatic rings. The maximum absolute atomic E-state index is 12.4. The van der Waals surface area contributed by atoms with Crippen LogP contribution in [-0.2, 0) is 9.59 Å². The summed E-state index contributed by atoms with van der Waals surface area (Å²) in [6, 6.07) is 0. The van der Waals surface area contributed by atoms with Gasteiger partial charge < -0.3 is 10.2 Å². The summed E-state index contributed by atoms with van der Waals surface area (Å²) in [6.45, 7) is 8.26. The average Bonchev–Trinajstić information content (AvgIpc) is 2.87. The van der Waals surface area contributed by atoms with Crippen LogP contribution < -0.4 is 0 Å². The molecule has 2 bridgehead atoms. The first-order valence-corrected chi connectivity index (χ1v) is 9.31. The van der Waals surface area contributed by atoms with Gasteiger partial charge in [-0.05, 0) is 74.0 Å². The molecule has 4 heteroatoms. The zero-order valence-corrected chi connectivity index (χ0v) is 14.7. The van der Waals surface area contributed by atoms with Gasteiger partial charge in [0.2, 0.25) is 0 Å². The molecule has 0 saturated heterocycles. The van der Waals surface area contributed by atoms with Crippen molar-refractivity contribution in [2.24, 2.45) is 39.9 Å². The molecule has 24 heavy (non-hydrogen) atoms. The molecule has 0 amide bonds. The Hall–Kier alpha value is -1.32.